The van der Waals surface area contributed by atoms with E-state index in [4.69, 9.17) is 5.73 Å². The molecule has 0 aliphatic carbocycles. The maximum Gasteiger partial charge on any atom is 0.573 e. The van der Waals surface area contributed by atoms with Gasteiger partial charge in [0.15, 0.2) is 5.82 Å². The second kappa shape index (κ2) is 10.8. The number of rotatable bonds is 8. The summed E-state index contributed by atoms with van der Waals surface area (Å²) in [5, 5.41) is 4.45. The summed E-state index contributed by atoms with van der Waals surface area (Å²) in [4.78, 5) is 16.3. The molecular formula is C30H23F3N4O2. The van der Waals surface area contributed by atoms with Crippen LogP contribution in [0.1, 0.15) is 21.5 Å². The highest BCUT2D eigenvalue weighted by atomic mass is 19.4. The molecule has 5 aromatic rings. The second-order valence-electron chi connectivity index (χ2n) is 8.82. The van der Waals surface area contributed by atoms with E-state index in [0.717, 1.165) is 40.7 Å². The Labute approximate surface area is 222 Å². The second-order valence-corrected chi connectivity index (χ2v) is 8.82. The van der Waals surface area contributed by atoms with Crippen LogP contribution in [0.5, 0.6) is 5.75 Å². The van der Waals surface area contributed by atoms with Gasteiger partial charge in [-0.15, -0.1) is 18.3 Å². The zero-order valence-electron chi connectivity index (χ0n) is 20.6. The Morgan fingerprint density at radius 1 is 0.821 bits per heavy atom. The first-order chi connectivity index (χ1) is 18.8. The first kappa shape index (κ1) is 25.7. The third kappa shape index (κ3) is 6.15. The van der Waals surface area contributed by atoms with Crippen molar-refractivity contribution in [3.63, 3.8) is 0 Å². The number of amides is 1. The van der Waals surface area contributed by atoms with E-state index in [1.54, 1.807) is 12.1 Å². The quantitative estimate of drug-likeness (QED) is 0.253. The van der Waals surface area contributed by atoms with Gasteiger partial charge >= 0.3 is 6.36 Å². The van der Waals surface area contributed by atoms with Crippen LogP contribution in [0.4, 0.5) is 13.2 Å². The average Bonchev–Trinajstić information content (AvgIpc) is 3.42. The van der Waals surface area contributed by atoms with Crippen molar-refractivity contribution >= 4 is 5.91 Å². The molecule has 4 aromatic carbocycles. The highest BCUT2D eigenvalue weighted by Gasteiger charge is 2.31. The maximum absolute atomic E-state index is 12.4. The Morgan fingerprint density at radius 3 is 2.18 bits per heavy atom. The van der Waals surface area contributed by atoms with Gasteiger partial charge in [0.05, 0.1) is 5.69 Å². The molecule has 1 amide bonds. The number of aromatic nitrogens is 3. The lowest BCUT2D eigenvalue weighted by Gasteiger charge is -2.12. The number of nitrogens with zero attached hydrogens (tertiary/aromatic N) is 3. The molecule has 5 rings (SSSR count). The minimum atomic E-state index is -4.74. The fourth-order valence-corrected chi connectivity index (χ4v) is 4.35. The molecule has 39 heavy (non-hydrogen) atoms. The highest BCUT2D eigenvalue weighted by Crippen LogP contribution is 2.28. The topological polar surface area (TPSA) is 83.0 Å². The van der Waals surface area contributed by atoms with E-state index in [0.29, 0.717) is 17.1 Å². The van der Waals surface area contributed by atoms with Gasteiger partial charge in [-0.25, -0.2) is 9.67 Å². The van der Waals surface area contributed by atoms with Crippen LogP contribution in [0.3, 0.4) is 0 Å². The number of aryl methyl sites for hydroxylation is 2. The average molecular weight is 529 g/mol. The largest absolute Gasteiger partial charge is 0.573 e. The molecule has 0 atom stereocenters. The smallest absolute Gasteiger partial charge is 0.406 e. The molecule has 0 saturated carbocycles. The molecule has 0 unspecified atom stereocenters. The fourth-order valence-electron chi connectivity index (χ4n) is 4.35. The van der Waals surface area contributed by atoms with Gasteiger partial charge in [-0.3, -0.25) is 4.79 Å². The zero-order valence-corrected chi connectivity index (χ0v) is 20.6. The van der Waals surface area contributed by atoms with Crippen molar-refractivity contribution in [1.82, 2.24) is 14.8 Å². The van der Waals surface area contributed by atoms with E-state index in [1.165, 1.54) is 35.3 Å². The Hall–Kier alpha value is -4.92. The zero-order chi connectivity index (χ0) is 27.4. The van der Waals surface area contributed by atoms with Gasteiger partial charge in [-0.1, -0.05) is 66.7 Å². The lowest BCUT2D eigenvalue weighted by molar-refractivity contribution is -0.274. The van der Waals surface area contributed by atoms with Crippen LogP contribution in [0.15, 0.2) is 103 Å². The predicted octanol–water partition coefficient (Wildman–Crippen LogP) is 6.38. The van der Waals surface area contributed by atoms with Crippen LogP contribution in [0.25, 0.3) is 28.2 Å². The lowest BCUT2D eigenvalue weighted by Crippen LogP contribution is -2.17. The first-order valence-electron chi connectivity index (χ1n) is 12.1. The molecule has 0 bridgehead atoms. The molecule has 1 aromatic heterocycles. The van der Waals surface area contributed by atoms with Crippen LogP contribution in [0, 0.1) is 0 Å². The SMILES string of the molecule is NC(=O)c1ccccc1-c1ccccc1CCc1ccc(-c2ncn(-c3ccc(OC(F)(F)F)cc3)n2)cc1. The van der Waals surface area contributed by atoms with Crippen molar-refractivity contribution in [2.45, 2.75) is 19.2 Å². The van der Waals surface area contributed by atoms with Gasteiger partial charge in [0.25, 0.3) is 0 Å². The van der Waals surface area contributed by atoms with Crippen LogP contribution in [-0.4, -0.2) is 27.0 Å². The van der Waals surface area contributed by atoms with E-state index in [2.05, 4.69) is 20.9 Å². The molecule has 0 spiro atoms. The van der Waals surface area contributed by atoms with Crippen LogP contribution < -0.4 is 10.5 Å². The summed E-state index contributed by atoms with van der Waals surface area (Å²) in [6.07, 6.45) is -1.69. The lowest BCUT2D eigenvalue weighted by atomic mass is 9.92. The summed E-state index contributed by atoms with van der Waals surface area (Å²) < 4.78 is 42.5. The minimum Gasteiger partial charge on any atom is -0.406 e. The standard InChI is InChI=1S/C30H23F3N4O2/c31-30(32,33)39-24-17-15-23(16-18-24)37-19-35-29(36-37)22-13-10-20(11-14-22)9-12-21-5-1-2-6-25(21)26-7-3-4-8-27(26)28(34)38/h1-8,10-11,13-19H,9,12H2,(H2,34,38). The molecule has 0 fully saturated rings. The van der Waals surface area contributed by atoms with Crippen LogP contribution in [-0.2, 0) is 12.8 Å². The molecular weight excluding hydrogens is 505 g/mol. The number of hydrogen-bond donors (Lipinski definition) is 1. The van der Waals surface area contributed by atoms with Crippen LogP contribution >= 0.6 is 0 Å². The molecule has 0 aliphatic heterocycles. The van der Waals surface area contributed by atoms with Gasteiger partial charge < -0.3 is 10.5 Å². The van der Waals surface area contributed by atoms with Gasteiger partial charge in [-0.2, -0.15) is 0 Å². The van der Waals surface area contributed by atoms with Crippen LogP contribution in [0.2, 0.25) is 0 Å². The molecule has 2 N–H and O–H groups in total. The molecule has 1 heterocycles. The summed E-state index contributed by atoms with van der Waals surface area (Å²) in [6, 6.07) is 28.6. The minimum absolute atomic E-state index is 0.304. The molecule has 0 aliphatic rings. The highest BCUT2D eigenvalue weighted by molar-refractivity contribution is 6.00. The van der Waals surface area contributed by atoms with Gasteiger partial charge in [-0.05, 0) is 65.4 Å². The number of carbonyl (C=O) groups is 1. The van der Waals surface area contributed by atoms with E-state index < -0.39 is 12.3 Å². The summed E-state index contributed by atoms with van der Waals surface area (Å²) in [5.74, 6) is -0.271. The molecule has 0 radical (unpaired) electrons. The summed E-state index contributed by atoms with van der Waals surface area (Å²) >= 11 is 0. The van der Waals surface area contributed by atoms with Gasteiger partial charge in [0, 0.05) is 11.1 Å². The van der Waals surface area contributed by atoms with E-state index in [9.17, 15) is 18.0 Å². The molecule has 0 saturated heterocycles. The fraction of sp³-hybridized carbons (Fsp3) is 0.100. The number of alkyl halides is 3. The monoisotopic (exact) mass is 528 g/mol. The number of hydrogen-bond acceptors (Lipinski definition) is 4. The Balaban J connectivity index is 1.27. The van der Waals surface area contributed by atoms with Gasteiger partial charge in [0.1, 0.15) is 12.1 Å². The maximum atomic E-state index is 12.4. The van der Waals surface area contributed by atoms with E-state index in [1.807, 2.05) is 54.6 Å². The van der Waals surface area contributed by atoms with Crippen molar-refractivity contribution in [3.05, 3.63) is 120 Å². The Kier molecular flexibility index (Phi) is 7.14. The Bertz CT molecular complexity index is 1590. The van der Waals surface area contributed by atoms with Crippen molar-refractivity contribution < 1.29 is 22.7 Å². The van der Waals surface area contributed by atoms with E-state index in [-0.39, 0.29) is 5.75 Å². The predicted molar refractivity (Wildman–Crippen MR) is 141 cm³/mol. The summed E-state index contributed by atoms with van der Waals surface area (Å²) in [6.45, 7) is 0. The van der Waals surface area contributed by atoms with Crippen molar-refractivity contribution in [1.29, 1.82) is 0 Å². The van der Waals surface area contributed by atoms with E-state index >= 15 is 0 Å². The summed E-state index contributed by atoms with van der Waals surface area (Å²) in [7, 11) is 0. The number of ether oxygens (including phenoxy) is 1. The van der Waals surface area contributed by atoms with Crippen molar-refractivity contribution in [3.8, 4) is 34.0 Å². The summed E-state index contributed by atoms with van der Waals surface area (Å²) in [5.41, 5.74) is 11.5. The number of primary amides is 1. The normalized spacial score (nSPS) is 11.4. The third-order valence-electron chi connectivity index (χ3n) is 6.22. The third-order valence-corrected chi connectivity index (χ3v) is 6.22. The molecule has 6 nitrogen and oxygen atoms in total. The number of nitrogens with two attached hydrogens (primary N) is 1. The molecule has 196 valence electrons. The number of halogens is 3. The Morgan fingerprint density at radius 2 is 1.49 bits per heavy atom. The van der Waals surface area contributed by atoms with Crippen molar-refractivity contribution in [2.75, 3.05) is 0 Å². The molecule has 9 heteroatoms. The van der Waals surface area contributed by atoms with Gasteiger partial charge in [0.2, 0.25) is 5.91 Å². The first-order valence-corrected chi connectivity index (χ1v) is 12.1. The van der Waals surface area contributed by atoms with Crippen molar-refractivity contribution in [2.24, 2.45) is 5.73 Å². The number of carbonyl (C=O) groups excluding carboxylic acids is 1. The number of benzene rings is 4.